The fourth-order valence-corrected chi connectivity index (χ4v) is 5.78. The second-order valence-corrected chi connectivity index (χ2v) is 9.90. The zero-order valence-electron chi connectivity index (χ0n) is 21.4. The van der Waals surface area contributed by atoms with Gasteiger partial charge in [-0.1, -0.05) is 104 Å². The number of nitrogens with zero attached hydrogens (tertiary/aromatic N) is 1. The van der Waals surface area contributed by atoms with E-state index < -0.39 is 0 Å². The van der Waals surface area contributed by atoms with Crippen molar-refractivity contribution in [3.05, 3.63) is 139 Å². The van der Waals surface area contributed by atoms with Gasteiger partial charge < -0.3 is 0 Å². The second-order valence-electron chi connectivity index (χ2n) is 9.90. The molecule has 180 valence electrons. The lowest BCUT2D eigenvalue weighted by Crippen LogP contribution is -1.91. The molecule has 6 aromatic carbocycles. The number of benzene rings is 6. The molecule has 0 saturated carbocycles. The molecule has 0 aliphatic carbocycles. The van der Waals surface area contributed by atoms with Gasteiger partial charge in [0.1, 0.15) is 0 Å². The Morgan fingerprint density at radius 2 is 0.921 bits per heavy atom. The Morgan fingerprint density at radius 3 is 1.47 bits per heavy atom. The van der Waals surface area contributed by atoms with Gasteiger partial charge in [-0.05, 0) is 102 Å². The van der Waals surface area contributed by atoms with Crippen LogP contribution in [-0.2, 0) is 6.42 Å². The van der Waals surface area contributed by atoms with Crippen molar-refractivity contribution in [3.63, 3.8) is 0 Å². The number of aromatic nitrogens is 1. The van der Waals surface area contributed by atoms with Crippen molar-refractivity contribution in [3.8, 4) is 33.4 Å². The van der Waals surface area contributed by atoms with E-state index in [1.165, 1.54) is 71.3 Å². The van der Waals surface area contributed by atoms with Gasteiger partial charge in [-0.2, -0.15) is 0 Å². The van der Waals surface area contributed by atoms with E-state index in [1.807, 2.05) is 12.4 Å². The molecule has 38 heavy (non-hydrogen) atoms. The molecule has 0 spiro atoms. The maximum atomic E-state index is 4.16. The van der Waals surface area contributed by atoms with E-state index in [0.717, 1.165) is 6.42 Å². The smallest absolute Gasteiger partial charge is 0.0273 e. The van der Waals surface area contributed by atoms with E-state index in [-0.39, 0.29) is 0 Å². The molecule has 7 rings (SSSR count). The second kappa shape index (κ2) is 9.28. The summed E-state index contributed by atoms with van der Waals surface area (Å²) in [7, 11) is 0. The standard InChI is InChI=1S/C37H27N/c1-2-25-11-13-27(14-12-25)36-32-7-3-5-9-34(32)37(35-10-6-4-8-33(35)36)31-18-17-29-23-28(15-16-30(29)24-31)26-19-21-38-22-20-26/h3-24H,2H2,1H3. The molecule has 7 aromatic rings. The van der Waals surface area contributed by atoms with Crippen molar-refractivity contribution < 1.29 is 0 Å². The molecule has 0 bridgehead atoms. The van der Waals surface area contributed by atoms with Crippen LogP contribution in [0.4, 0.5) is 0 Å². The Hall–Kier alpha value is -4.75. The van der Waals surface area contributed by atoms with E-state index in [1.54, 1.807) is 0 Å². The third-order valence-corrected chi connectivity index (χ3v) is 7.72. The summed E-state index contributed by atoms with van der Waals surface area (Å²) in [6.07, 6.45) is 4.74. The van der Waals surface area contributed by atoms with Crippen molar-refractivity contribution in [2.24, 2.45) is 0 Å². The van der Waals surface area contributed by atoms with E-state index >= 15 is 0 Å². The molecule has 0 radical (unpaired) electrons. The van der Waals surface area contributed by atoms with Gasteiger partial charge in [-0.15, -0.1) is 0 Å². The largest absolute Gasteiger partial charge is 0.265 e. The molecule has 1 nitrogen and oxygen atoms in total. The molecule has 0 fully saturated rings. The maximum Gasteiger partial charge on any atom is 0.0273 e. The quantitative estimate of drug-likeness (QED) is 0.226. The van der Waals surface area contributed by atoms with Gasteiger partial charge in [0.2, 0.25) is 0 Å². The third-order valence-electron chi connectivity index (χ3n) is 7.72. The highest BCUT2D eigenvalue weighted by Crippen LogP contribution is 2.44. The van der Waals surface area contributed by atoms with Crippen LogP contribution in [0.2, 0.25) is 0 Å². The predicted octanol–water partition coefficient (Wildman–Crippen LogP) is 10.1. The van der Waals surface area contributed by atoms with Crippen LogP contribution in [0.3, 0.4) is 0 Å². The number of fused-ring (bicyclic) bond motifs is 3. The average Bonchev–Trinajstić information content (AvgIpc) is 3.00. The summed E-state index contributed by atoms with van der Waals surface area (Å²) in [5.41, 5.74) is 8.88. The van der Waals surface area contributed by atoms with Gasteiger partial charge in [0.15, 0.2) is 0 Å². The van der Waals surface area contributed by atoms with Gasteiger partial charge in [0, 0.05) is 12.4 Å². The molecule has 0 amide bonds. The summed E-state index contributed by atoms with van der Waals surface area (Å²) in [5.74, 6) is 0. The Bertz CT molecular complexity index is 1880. The number of pyridine rings is 1. The topological polar surface area (TPSA) is 12.9 Å². The highest BCUT2D eigenvalue weighted by Gasteiger charge is 2.16. The Kier molecular flexibility index (Phi) is 5.48. The predicted molar refractivity (Wildman–Crippen MR) is 162 cm³/mol. The lowest BCUT2D eigenvalue weighted by molar-refractivity contribution is 1.14. The fraction of sp³-hybridized carbons (Fsp3) is 0.0541. The number of hydrogen-bond donors (Lipinski definition) is 0. The first-order chi connectivity index (χ1) is 18.8. The van der Waals surface area contributed by atoms with Crippen LogP contribution in [0.25, 0.3) is 65.7 Å². The summed E-state index contributed by atoms with van der Waals surface area (Å²) in [6.45, 7) is 2.21. The summed E-state index contributed by atoms with van der Waals surface area (Å²) in [6, 6.07) is 44.5. The first kappa shape index (κ1) is 22.4. The van der Waals surface area contributed by atoms with E-state index in [2.05, 4.69) is 133 Å². The van der Waals surface area contributed by atoms with Crippen LogP contribution < -0.4 is 0 Å². The van der Waals surface area contributed by atoms with Crippen LogP contribution in [0.15, 0.2) is 134 Å². The van der Waals surface area contributed by atoms with Crippen LogP contribution in [0.1, 0.15) is 12.5 Å². The lowest BCUT2D eigenvalue weighted by atomic mass is 9.85. The highest BCUT2D eigenvalue weighted by molar-refractivity contribution is 6.21. The first-order valence-corrected chi connectivity index (χ1v) is 13.3. The third kappa shape index (κ3) is 3.76. The highest BCUT2D eigenvalue weighted by atomic mass is 14.6. The van der Waals surface area contributed by atoms with Crippen molar-refractivity contribution in [1.82, 2.24) is 4.98 Å². The molecule has 1 aromatic heterocycles. The molecule has 0 aliphatic heterocycles. The number of hydrogen-bond acceptors (Lipinski definition) is 1. The van der Waals surface area contributed by atoms with Gasteiger partial charge in [0.25, 0.3) is 0 Å². The Labute approximate surface area is 223 Å². The zero-order valence-corrected chi connectivity index (χ0v) is 21.4. The summed E-state index contributed by atoms with van der Waals surface area (Å²) in [4.78, 5) is 4.16. The fourth-order valence-electron chi connectivity index (χ4n) is 5.78. The van der Waals surface area contributed by atoms with Crippen molar-refractivity contribution in [2.45, 2.75) is 13.3 Å². The summed E-state index contributed by atoms with van der Waals surface area (Å²) < 4.78 is 0. The SMILES string of the molecule is CCc1ccc(-c2c3ccccc3c(-c3ccc4cc(-c5ccncc5)ccc4c3)c3ccccc23)cc1. The number of rotatable bonds is 4. The lowest BCUT2D eigenvalue weighted by Gasteiger charge is -2.18. The average molecular weight is 486 g/mol. The molecular formula is C37H27N. The Balaban J connectivity index is 1.47. The Morgan fingerprint density at radius 1 is 0.447 bits per heavy atom. The molecule has 0 N–H and O–H groups in total. The zero-order chi connectivity index (χ0) is 25.5. The molecule has 0 unspecified atom stereocenters. The van der Waals surface area contributed by atoms with Crippen molar-refractivity contribution in [1.29, 1.82) is 0 Å². The van der Waals surface area contributed by atoms with E-state index in [9.17, 15) is 0 Å². The minimum Gasteiger partial charge on any atom is -0.265 e. The van der Waals surface area contributed by atoms with Crippen molar-refractivity contribution in [2.75, 3.05) is 0 Å². The molecular weight excluding hydrogens is 458 g/mol. The monoisotopic (exact) mass is 485 g/mol. The van der Waals surface area contributed by atoms with E-state index in [4.69, 9.17) is 0 Å². The minimum atomic E-state index is 1.05. The van der Waals surface area contributed by atoms with Gasteiger partial charge in [-0.3, -0.25) is 4.98 Å². The molecule has 0 saturated heterocycles. The number of aryl methyl sites for hydroxylation is 1. The first-order valence-electron chi connectivity index (χ1n) is 13.3. The van der Waals surface area contributed by atoms with Crippen LogP contribution >= 0.6 is 0 Å². The minimum absolute atomic E-state index is 1.05. The summed E-state index contributed by atoms with van der Waals surface area (Å²) >= 11 is 0. The molecule has 0 aliphatic rings. The van der Waals surface area contributed by atoms with Gasteiger partial charge in [-0.25, -0.2) is 0 Å². The van der Waals surface area contributed by atoms with Crippen LogP contribution in [0.5, 0.6) is 0 Å². The van der Waals surface area contributed by atoms with E-state index in [0.29, 0.717) is 0 Å². The normalized spacial score (nSPS) is 11.4. The summed E-state index contributed by atoms with van der Waals surface area (Å²) in [5, 5.41) is 7.64. The molecule has 1 heterocycles. The molecule has 0 atom stereocenters. The van der Waals surface area contributed by atoms with Crippen LogP contribution in [0, 0.1) is 0 Å². The molecule has 1 heteroatoms. The van der Waals surface area contributed by atoms with Crippen molar-refractivity contribution >= 4 is 32.3 Å². The maximum absolute atomic E-state index is 4.16. The van der Waals surface area contributed by atoms with Gasteiger partial charge in [0.05, 0.1) is 0 Å². The van der Waals surface area contributed by atoms with Gasteiger partial charge >= 0.3 is 0 Å². The van der Waals surface area contributed by atoms with Crippen LogP contribution in [-0.4, -0.2) is 4.98 Å².